The maximum atomic E-state index is 12.1. The van der Waals surface area contributed by atoms with Crippen molar-refractivity contribution >= 4 is 23.2 Å². The van der Waals surface area contributed by atoms with Crippen LogP contribution >= 0.6 is 0 Å². The van der Waals surface area contributed by atoms with Crippen molar-refractivity contribution in [2.75, 3.05) is 18.5 Å². The van der Waals surface area contributed by atoms with E-state index in [2.05, 4.69) is 15.8 Å². The number of phenolic OH excluding ortho intramolecular Hbond substituents is 1. The molecule has 2 aromatic carbocycles. The van der Waals surface area contributed by atoms with Crippen LogP contribution in [-0.4, -0.2) is 35.8 Å². The minimum Gasteiger partial charge on any atom is -0.507 e. The predicted molar refractivity (Wildman–Crippen MR) is 99.4 cm³/mol. The molecule has 3 rings (SSSR count). The van der Waals surface area contributed by atoms with Gasteiger partial charge in [-0.25, -0.2) is 5.43 Å². The lowest BCUT2D eigenvalue weighted by Crippen LogP contribution is -2.21. The van der Waals surface area contributed by atoms with E-state index < -0.39 is 5.91 Å². The Hall–Kier alpha value is -3.55. The number of para-hydroxylation sites is 1. The lowest BCUT2D eigenvalue weighted by atomic mass is 10.2. The number of carbonyl (C=O) groups excluding carboxylic acids is 2. The number of nitrogens with one attached hydrogen (secondary N) is 2. The molecule has 0 aromatic heterocycles. The van der Waals surface area contributed by atoms with E-state index in [1.165, 1.54) is 12.1 Å². The molecule has 0 spiro atoms. The van der Waals surface area contributed by atoms with Gasteiger partial charge in [-0.1, -0.05) is 12.1 Å². The van der Waals surface area contributed by atoms with Crippen LogP contribution in [0.15, 0.2) is 47.6 Å². The second kappa shape index (κ2) is 8.22. The SMILES string of the molecule is C/C(CC(=O)Nc1ccc2c(c1)OCCO2)=N\NC(=O)c1ccccc1O. The van der Waals surface area contributed by atoms with Gasteiger partial charge in [0.2, 0.25) is 5.91 Å². The van der Waals surface area contributed by atoms with E-state index in [1.54, 1.807) is 37.3 Å². The van der Waals surface area contributed by atoms with Crippen LogP contribution in [0.5, 0.6) is 17.2 Å². The number of ether oxygens (including phenoxy) is 2. The number of nitrogens with zero attached hydrogens (tertiary/aromatic N) is 1. The number of phenols is 1. The minimum atomic E-state index is -0.556. The van der Waals surface area contributed by atoms with E-state index in [9.17, 15) is 14.7 Å². The van der Waals surface area contributed by atoms with Crippen LogP contribution in [0, 0.1) is 0 Å². The fourth-order valence-corrected chi connectivity index (χ4v) is 2.47. The number of anilines is 1. The molecular formula is C19H19N3O5. The molecule has 0 radical (unpaired) electrons. The van der Waals surface area contributed by atoms with Crippen LogP contribution in [0.4, 0.5) is 5.69 Å². The fraction of sp³-hybridized carbons (Fsp3) is 0.211. The van der Waals surface area contributed by atoms with Crippen molar-refractivity contribution in [1.29, 1.82) is 0 Å². The van der Waals surface area contributed by atoms with E-state index in [-0.39, 0.29) is 23.6 Å². The fourth-order valence-electron chi connectivity index (χ4n) is 2.47. The van der Waals surface area contributed by atoms with Gasteiger partial charge in [0.05, 0.1) is 12.0 Å². The quantitative estimate of drug-likeness (QED) is 0.553. The molecule has 27 heavy (non-hydrogen) atoms. The lowest BCUT2D eigenvalue weighted by molar-refractivity contribution is -0.115. The summed E-state index contributed by atoms with van der Waals surface area (Å²) in [5, 5.41) is 16.3. The molecule has 2 aromatic rings. The highest BCUT2D eigenvalue weighted by atomic mass is 16.6. The first-order valence-corrected chi connectivity index (χ1v) is 8.34. The molecular weight excluding hydrogens is 350 g/mol. The number of carbonyl (C=O) groups is 2. The largest absolute Gasteiger partial charge is 0.507 e. The van der Waals surface area contributed by atoms with Gasteiger partial charge in [0, 0.05) is 17.5 Å². The Morgan fingerprint density at radius 2 is 1.85 bits per heavy atom. The van der Waals surface area contributed by atoms with Crippen molar-refractivity contribution in [3.63, 3.8) is 0 Å². The third kappa shape index (κ3) is 4.75. The summed E-state index contributed by atoms with van der Waals surface area (Å²) in [6.07, 6.45) is -0.00447. The van der Waals surface area contributed by atoms with E-state index in [1.807, 2.05) is 0 Å². The molecule has 8 nitrogen and oxygen atoms in total. The van der Waals surface area contributed by atoms with Crippen LogP contribution in [0.25, 0.3) is 0 Å². The van der Waals surface area contributed by atoms with Crippen molar-refractivity contribution in [2.24, 2.45) is 5.10 Å². The lowest BCUT2D eigenvalue weighted by Gasteiger charge is -2.19. The number of rotatable bonds is 5. The second-order valence-electron chi connectivity index (χ2n) is 5.89. The van der Waals surface area contributed by atoms with Crippen LogP contribution in [0.3, 0.4) is 0 Å². The molecule has 3 N–H and O–H groups in total. The second-order valence-corrected chi connectivity index (χ2v) is 5.89. The number of hydrogen-bond acceptors (Lipinski definition) is 6. The van der Waals surface area contributed by atoms with Gasteiger partial charge in [-0.05, 0) is 31.2 Å². The Kier molecular flexibility index (Phi) is 5.55. The third-order valence-electron chi connectivity index (χ3n) is 3.74. The van der Waals surface area contributed by atoms with Crippen LogP contribution in [-0.2, 0) is 4.79 Å². The van der Waals surface area contributed by atoms with E-state index in [0.29, 0.717) is 36.1 Å². The molecule has 0 aliphatic carbocycles. The molecule has 0 unspecified atom stereocenters. The molecule has 2 amide bonds. The van der Waals surface area contributed by atoms with Gasteiger partial charge in [-0.15, -0.1) is 0 Å². The summed E-state index contributed by atoms with van der Waals surface area (Å²) in [6.45, 7) is 2.59. The first kappa shape index (κ1) is 18.2. The van der Waals surface area contributed by atoms with E-state index >= 15 is 0 Å². The molecule has 1 aliphatic rings. The highest BCUT2D eigenvalue weighted by molar-refractivity contribution is 6.06. The average Bonchev–Trinajstić information content (AvgIpc) is 2.66. The first-order valence-electron chi connectivity index (χ1n) is 8.34. The summed E-state index contributed by atoms with van der Waals surface area (Å²) < 4.78 is 10.9. The van der Waals surface area contributed by atoms with E-state index in [4.69, 9.17) is 9.47 Å². The van der Waals surface area contributed by atoms with Crippen molar-refractivity contribution in [3.05, 3.63) is 48.0 Å². The number of hydrogen-bond donors (Lipinski definition) is 3. The summed E-state index contributed by atoms with van der Waals surface area (Å²) in [4.78, 5) is 24.1. The summed E-state index contributed by atoms with van der Waals surface area (Å²) >= 11 is 0. The summed E-state index contributed by atoms with van der Waals surface area (Å²) in [7, 11) is 0. The topological polar surface area (TPSA) is 109 Å². The van der Waals surface area contributed by atoms with Crippen molar-refractivity contribution in [3.8, 4) is 17.2 Å². The molecule has 8 heteroatoms. The summed E-state index contributed by atoms with van der Waals surface area (Å²) in [6, 6.07) is 11.3. The Morgan fingerprint density at radius 3 is 2.63 bits per heavy atom. The number of aromatic hydroxyl groups is 1. The van der Waals surface area contributed by atoms with Crippen molar-refractivity contribution < 1.29 is 24.2 Å². The van der Waals surface area contributed by atoms with E-state index in [0.717, 1.165) is 0 Å². The zero-order valence-electron chi connectivity index (χ0n) is 14.7. The van der Waals surface area contributed by atoms with Crippen LogP contribution < -0.4 is 20.2 Å². The predicted octanol–water partition coefficient (Wildman–Crippen LogP) is 2.30. The standard InChI is InChI=1S/C19H19N3O5/c1-12(21-22-19(25)14-4-2-3-5-15(14)23)10-18(24)20-13-6-7-16-17(11-13)27-9-8-26-16/h2-7,11,23H,8-10H2,1H3,(H,20,24)(H,22,25)/b21-12+. The van der Waals surface area contributed by atoms with Gasteiger partial charge in [0.15, 0.2) is 11.5 Å². The zero-order chi connectivity index (χ0) is 19.2. The molecule has 0 atom stereocenters. The first-order chi connectivity index (χ1) is 13.0. The number of amides is 2. The normalized spacial score (nSPS) is 13.0. The molecule has 0 bridgehead atoms. The number of fused-ring (bicyclic) bond motifs is 1. The zero-order valence-corrected chi connectivity index (χ0v) is 14.7. The number of benzene rings is 2. The minimum absolute atomic E-state index is 0.00447. The van der Waals surface area contributed by atoms with Crippen molar-refractivity contribution in [1.82, 2.24) is 5.43 Å². The van der Waals surface area contributed by atoms with Gasteiger partial charge in [0.25, 0.3) is 5.91 Å². The molecule has 1 aliphatic heterocycles. The average molecular weight is 369 g/mol. The van der Waals surface area contributed by atoms with Gasteiger partial charge >= 0.3 is 0 Å². The summed E-state index contributed by atoms with van der Waals surface area (Å²) in [5.74, 6) is 0.242. The Balaban J connectivity index is 1.55. The van der Waals surface area contributed by atoms with Gasteiger partial charge in [0.1, 0.15) is 19.0 Å². The highest BCUT2D eigenvalue weighted by Gasteiger charge is 2.13. The Morgan fingerprint density at radius 1 is 1.11 bits per heavy atom. The van der Waals surface area contributed by atoms with Gasteiger partial charge in [-0.3, -0.25) is 9.59 Å². The monoisotopic (exact) mass is 369 g/mol. The summed E-state index contributed by atoms with van der Waals surface area (Å²) in [5.41, 5.74) is 3.42. The Labute approximate surface area is 155 Å². The molecule has 1 heterocycles. The molecule has 0 saturated carbocycles. The highest BCUT2D eigenvalue weighted by Crippen LogP contribution is 2.32. The Bertz CT molecular complexity index is 895. The molecule has 0 saturated heterocycles. The smallest absolute Gasteiger partial charge is 0.275 e. The maximum absolute atomic E-state index is 12.1. The van der Waals surface area contributed by atoms with Gasteiger partial charge < -0.3 is 19.9 Å². The molecule has 140 valence electrons. The van der Waals surface area contributed by atoms with Gasteiger partial charge in [-0.2, -0.15) is 5.10 Å². The van der Waals surface area contributed by atoms with Crippen molar-refractivity contribution in [2.45, 2.75) is 13.3 Å². The molecule has 0 fully saturated rings. The van der Waals surface area contributed by atoms with Crippen LogP contribution in [0.1, 0.15) is 23.7 Å². The van der Waals surface area contributed by atoms with Crippen LogP contribution in [0.2, 0.25) is 0 Å². The number of hydrazone groups is 1. The maximum Gasteiger partial charge on any atom is 0.275 e. The third-order valence-corrected chi connectivity index (χ3v) is 3.74.